The van der Waals surface area contributed by atoms with E-state index in [9.17, 15) is 9.59 Å². The maximum absolute atomic E-state index is 11.0. The lowest BCUT2D eigenvalue weighted by atomic mass is 10.1. The summed E-state index contributed by atoms with van der Waals surface area (Å²) in [7, 11) is 1.60. The van der Waals surface area contributed by atoms with Crippen molar-refractivity contribution in [3.63, 3.8) is 0 Å². The monoisotopic (exact) mass is 156 g/mol. The summed E-state index contributed by atoms with van der Waals surface area (Å²) < 4.78 is 0. The molecule has 1 heterocycles. The number of hydrogen-bond acceptors (Lipinski definition) is 2. The molecule has 1 aliphatic rings. The molecule has 1 rings (SSSR count). The van der Waals surface area contributed by atoms with E-state index >= 15 is 0 Å². The molecular formula is C7H12N2O2. The highest BCUT2D eigenvalue weighted by molar-refractivity contribution is 5.82. The largest absolute Gasteiger partial charge is 0.341 e. The lowest BCUT2D eigenvalue weighted by Gasteiger charge is -2.25. The second-order valence-corrected chi connectivity index (χ2v) is 2.58. The number of nitrogens with zero attached hydrogens (tertiary/aromatic N) is 1. The van der Waals surface area contributed by atoms with Gasteiger partial charge in [-0.1, -0.05) is 0 Å². The number of urea groups is 1. The van der Waals surface area contributed by atoms with E-state index in [0.29, 0.717) is 25.9 Å². The quantitative estimate of drug-likeness (QED) is 0.536. The lowest BCUT2D eigenvalue weighted by molar-refractivity contribution is -0.120. The molecule has 0 aliphatic carbocycles. The van der Waals surface area contributed by atoms with Gasteiger partial charge in [0.25, 0.3) is 0 Å². The van der Waals surface area contributed by atoms with E-state index in [1.54, 1.807) is 11.9 Å². The fourth-order valence-corrected chi connectivity index (χ4v) is 1.12. The van der Waals surface area contributed by atoms with Gasteiger partial charge in [-0.05, 0) is 0 Å². The van der Waals surface area contributed by atoms with Crippen LogP contribution >= 0.6 is 0 Å². The van der Waals surface area contributed by atoms with Crippen LogP contribution in [-0.2, 0) is 4.79 Å². The number of carbonyl (C=O) groups excluding carboxylic acids is 2. The summed E-state index contributed by atoms with van der Waals surface area (Å²) in [5, 5.41) is 2.53. The highest BCUT2D eigenvalue weighted by Crippen LogP contribution is 2.04. The molecule has 2 amide bonds. The van der Waals surface area contributed by atoms with Crippen molar-refractivity contribution in [3.8, 4) is 0 Å². The first-order chi connectivity index (χ1) is 5.24. The summed E-state index contributed by atoms with van der Waals surface area (Å²) in [5.74, 6) is 0.255. The van der Waals surface area contributed by atoms with Gasteiger partial charge in [-0.15, -0.1) is 0 Å². The van der Waals surface area contributed by atoms with E-state index in [1.807, 2.05) is 0 Å². The summed E-state index contributed by atoms with van der Waals surface area (Å²) in [5.41, 5.74) is 0. The van der Waals surface area contributed by atoms with Crippen LogP contribution in [-0.4, -0.2) is 36.9 Å². The fourth-order valence-electron chi connectivity index (χ4n) is 1.12. The average molecular weight is 156 g/mol. The van der Waals surface area contributed by atoms with E-state index in [1.165, 1.54) is 0 Å². The van der Waals surface area contributed by atoms with Crippen molar-refractivity contribution in [1.82, 2.24) is 10.2 Å². The van der Waals surface area contributed by atoms with Crippen molar-refractivity contribution in [2.75, 3.05) is 20.1 Å². The predicted octanol–water partition coefficient (Wildman–Crippen LogP) is -0.00930. The molecule has 1 fully saturated rings. The van der Waals surface area contributed by atoms with Crippen LogP contribution in [0, 0.1) is 0 Å². The van der Waals surface area contributed by atoms with E-state index in [-0.39, 0.29) is 11.8 Å². The predicted molar refractivity (Wildman–Crippen MR) is 40.3 cm³/mol. The molecule has 62 valence electrons. The molecule has 0 atom stereocenters. The Bertz CT molecular complexity index is 169. The van der Waals surface area contributed by atoms with E-state index < -0.39 is 0 Å². The van der Waals surface area contributed by atoms with Crippen LogP contribution in [0.5, 0.6) is 0 Å². The second kappa shape index (κ2) is 3.37. The van der Waals surface area contributed by atoms with Gasteiger partial charge in [-0.3, -0.25) is 4.79 Å². The molecule has 4 heteroatoms. The zero-order chi connectivity index (χ0) is 8.27. The molecule has 11 heavy (non-hydrogen) atoms. The molecule has 0 spiro atoms. The van der Waals surface area contributed by atoms with Crippen LogP contribution < -0.4 is 5.32 Å². The Labute approximate surface area is 65.6 Å². The topological polar surface area (TPSA) is 49.4 Å². The molecule has 0 aromatic carbocycles. The van der Waals surface area contributed by atoms with Gasteiger partial charge in [0.15, 0.2) is 0 Å². The number of likely N-dealkylation sites (tertiary alicyclic amines) is 1. The molecule has 4 nitrogen and oxygen atoms in total. The zero-order valence-corrected chi connectivity index (χ0v) is 6.59. The van der Waals surface area contributed by atoms with Gasteiger partial charge in [0.2, 0.25) is 0 Å². The molecule has 0 radical (unpaired) electrons. The number of rotatable bonds is 0. The number of Topliss-reactive ketones (excluding diaryl/α,β-unsaturated/α-hetero) is 1. The Hall–Kier alpha value is -1.06. The molecule has 1 aliphatic heterocycles. The Kier molecular flexibility index (Phi) is 2.46. The summed E-state index contributed by atoms with van der Waals surface area (Å²) in [6.07, 6.45) is 1.01. The minimum absolute atomic E-state index is 0.0856. The number of hydrogen-bond donors (Lipinski definition) is 1. The highest BCUT2D eigenvalue weighted by Gasteiger charge is 2.18. The second-order valence-electron chi connectivity index (χ2n) is 2.58. The van der Waals surface area contributed by atoms with Crippen LogP contribution in [0.25, 0.3) is 0 Å². The lowest BCUT2D eigenvalue weighted by Crippen LogP contribution is -2.43. The molecule has 0 aromatic heterocycles. The fraction of sp³-hybridized carbons (Fsp3) is 0.714. The molecule has 0 bridgehead atoms. The number of ketones is 1. The van der Waals surface area contributed by atoms with Gasteiger partial charge in [-0.25, -0.2) is 4.79 Å². The smallest absolute Gasteiger partial charge is 0.317 e. The van der Waals surface area contributed by atoms with Crippen molar-refractivity contribution in [3.05, 3.63) is 0 Å². The van der Waals surface area contributed by atoms with Crippen LogP contribution in [0.1, 0.15) is 12.8 Å². The van der Waals surface area contributed by atoms with Gasteiger partial charge in [0, 0.05) is 33.0 Å². The Balaban J connectivity index is 2.39. The highest BCUT2D eigenvalue weighted by atomic mass is 16.2. The molecule has 1 N–H and O–H groups in total. The molecular weight excluding hydrogens is 144 g/mol. The molecule has 0 aromatic rings. The summed E-state index contributed by atoms with van der Waals surface area (Å²) in [6.45, 7) is 1.14. The van der Waals surface area contributed by atoms with Gasteiger partial charge >= 0.3 is 6.03 Å². The first kappa shape index (κ1) is 8.04. The standard InChI is InChI=1S/C7H12N2O2/c1-8-7(11)9-4-2-6(10)3-5-9/h2-5H2,1H3,(H,8,11). The van der Waals surface area contributed by atoms with E-state index in [4.69, 9.17) is 0 Å². The molecule has 0 unspecified atom stereocenters. The van der Waals surface area contributed by atoms with Crippen molar-refractivity contribution in [1.29, 1.82) is 0 Å². The van der Waals surface area contributed by atoms with E-state index in [2.05, 4.69) is 5.32 Å². The van der Waals surface area contributed by atoms with Crippen LogP contribution in [0.3, 0.4) is 0 Å². The Morgan fingerprint density at radius 1 is 1.45 bits per heavy atom. The van der Waals surface area contributed by atoms with Crippen LogP contribution in [0.15, 0.2) is 0 Å². The minimum Gasteiger partial charge on any atom is -0.341 e. The third kappa shape index (κ3) is 1.93. The van der Waals surface area contributed by atoms with Gasteiger partial charge in [-0.2, -0.15) is 0 Å². The summed E-state index contributed by atoms with van der Waals surface area (Å²) in [4.78, 5) is 23.4. The van der Waals surface area contributed by atoms with Crippen molar-refractivity contribution in [2.24, 2.45) is 0 Å². The Morgan fingerprint density at radius 2 is 2.00 bits per heavy atom. The van der Waals surface area contributed by atoms with Crippen molar-refractivity contribution in [2.45, 2.75) is 12.8 Å². The molecule has 1 saturated heterocycles. The van der Waals surface area contributed by atoms with Gasteiger partial charge < -0.3 is 10.2 Å². The number of carbonyl (C=O) groups is 2. The maximum atomic E-state index is 11.0. The zero-order valence-electron chi connectivity index (χ0n) is 6.59. The molecule has 0 saturated carbocycles. The average Bonchev–Trinajstić information content (AvgIpc) is 2.05. The normalized spacial score (nSPS) is 18.3. The third-order valence-corrected chi connectivity index (χ3v) is 1.82. The first-order valence-corrected chi connectivity index (χ1v) is 3.72. The first-order valence-electron chi connectivity index (χ1n) is 3.72. The number of nitrogens with one attached hydrogen (secondary N) is 1. The van der Waals surface area contributed by atoms with E-state index in [0.717, 1.165) is 0 Å². The van der Waals surface area contributed by atoms with Crippen molar-refractivity contribution < 1.29 is 9.59 Å². The third-order valence-electron chi connectivity index (χ3n) is 1.82. The van der Waals surface area contributed by atoms with Gasteiger partial charge in [0.1, 0.15) is 5.78 Å². The summed E-state index contributed by atoms with van der Waals surface area (Å²) >= 11 is 0. The van der Waals surface area contributed by atoms with Crippen molar-refractivity contribution >= 4 is 11.8 Å². The van der Waals surface area contributed by atoms with Crippen LogP contribution in [0.2, 0.25) is 0 Å². The van der Waals surface area contributed by atoms with Gasteiger partial charge in [0.05, 0.1) is 0 Å². The Morgan fingerprint density at radius 3 is 2.45 bits per heavy atom. The SMILES string of the molecule is CNC(=O)N1CCC(=O)CC1. The summed E-state index contributed by atoms with van der Waals surface area (Å²) in [6, 6.07) is -0.0856. The van der Waals surface area contributed by atoms with Crippen LogP contribution in [0.4, 0.5) is 4.79 Å². The number of piperidine rings is 1. The number of amides is 2. The minimum atomic E-state index is -0.0856. The maximum Gasteiger partial charge on any atom is 0.317 e.